The van der Waals surface area contributed by atoms with E-state index in [2.05, 4.69) is 10.4 Å². The van der Waals surface area contributed by atoms with Gasteiger partial charge in [-0.25, -0.2) is 0 Å². The Bertz CT molecular complexity index is 568. The van der Waals surface area contributed by atoms with Crippen LogP contribution in [0.3, 0.4) is 0 Å². The summed E-state index contributed by atoms with van der Waals surface area (Å²) < 4.78 is 2.02. The molecule has 2 fully saturated rings. The van der Waals surface area contributed by atoms with E-state index < -0.39 is 6.04 Å². The Morgan fingerprint density at radius 3 is 2.78 bits per heavy atom. The molecule has 1 saturated heterocycles. The van der Waals surface area contributed by atoms with Gasteiger partial charge in [-0.15, -0.1) is 11.6 Å². The fourth-order valence-corrected chi connectivity index (χ4v) is 3.68. The summed E-state index contributed by atoms with van der Waals surface area (Å²) in [5.74, 6) is -0.414. The number of halogens is 1. The lowest BCUT2D eigenvalue weighted by Crippen LogP contribution is -2.44. The van der Waals surface area contributed by atoms with Gasteiger partial charge < -0.3 is 10.2 Å². The molecule has 1 atom stereocenters. The van der Waals surface area contributed by atoms with E-state index in [1.54, 1.807) is 11.1 Å². The molecule has 0 spiro atoms. The minimum Gasteiger partial charge on any atom is -0.354 e. The molecular formula is C16H23ClN4O2. The van der Waals surface area contributed by atoms with Gasteiger partial charge in [0.2, 0.25) is 11.8 Å². The van der Waals surface area contributed by atoms with Crippen molar-refractivity contribution in [1.82, 2.24) is 20.0 Å². The highest BCUT2D eigenvalue weighted by molar-refractivity contribution is 6.27. The monoisotopic (exact) mass is 338 g/mol. The van der Waals surface area contributed by atoms with Crippen LogP contribution in [0, 0.1) is 0 Å². The lowest BCUT2D eigenvalue weighted by molar-refractivity contribution is -0.137. The van der Waals surface area contributed by atoms with Gasteiger partial charge in [-0.05, 0) is 19.3 Å². The summed E-state index contributed by atoms with van der Waals surface area (Å²) in [5, 5.41) is 7.24. The van der Waals surface area contributed by atoms with E-state index in [-0.39, 0.29) is 17.7 Å². The highest BCUT2D eigenvalue weighted by Gasteiger charge is 2.33. The highest BCUT2D eigenvalue weighted by atomic mass is 35.5. The number of amides is 2. The molecule has 1 aliphatic carbocycles. The summed E-state index contributed by atoms with van der Waals surface area (Å²) in [7, 11) is 0. The smallest absolute Gasteiger partial charge is 0.242 e. The molecule has 6 nitrogen and oxygen atoms in total. The molecule has 1 saturated carbocycles. The van der Waals surface area contributed by atoms with Gasteiger partial charge in [-0.2, -0.15) is 5.10 Å². The Balaban J connectivity index is 1.71. The fourth-order valence-electron chi connectivity index (χ4n) is 3.53. The third kappa shape index (κ3) is 3.68. The van der Waals surface area contributed by atoms with Crippen molar-refractivity contribution in [2.24, 2.45) is 0 Å². The summed E-state index contributed by atoms with van der Waals surface area (Å²) >= 11 is 5.72. The molecule has 126 valence electrons. The number of rotatable bonds is 5. The van der Waals surface area contributed by atoms with Crippen molar-refractivity contribution in [2.75, 3.05) is 12.4 Å². The fraction of sp³-hybridized carbons (Fsp3) is 0.688. The van der Waals surface area contributed by atoms with Crippen molar-refractivity contribution in [3.05, 3.63) is 18.0 Å². The molecular weight excluding hydrogens is 316 g/mol. The number of nitrogens with zero attached hydrogens (tertiary/aromatic N) is 3. The Morgan fingerprint density at radius 1 is 1.35 bits per heavy atom. The lowest BCUT2D eigenvalue weighted by Gasteiger charge is -2.26. The van der Waals surface area contributed by atoms with Crippen molar-refractivity contribution in [2.45, 2.75) is 57.2 Å². The van der Waals surface area contributed by atoms with Crippen LogP contribution in [0.25, 0.3) is 0 Å². The van der Waals surface area contributed by atoms with Gasteiger partial charge in [-0.3, -0.25) is 14.3 Å². The van der Waals surface area contributed by atoms with Crippen LogP contribution in [0.2, 0.25) is 0 Å². The number of aromatic nitrogens is 2. The summed E-state index contributed by atoms with van der Waals surface area (Å²) in [4.78, 5) is 25.6. The van der Waals surface area contributed by atoms with Gasteiger partial charge in [0.05, 0.1) is 12.2 Å². The van der Waals surface area contributed by atoms with Crippen molar-refractivity contribution in [1.29, 1.82) is 0 Å². The van der Waals surface area contributed by atoms with Gasteiger partial charge in [0.15, 0.2) is 0 Å². The summed E-state index contributed by atoms with van der Waals surface area (Å²) in [6.45, 7) is 0.993. The van der Waals surface area contributed by atoms with Crippen LogP contribution in [-0.4, -0.2) is 45.0 Å². The molecule has 0 unspecified atom stereocenters. The normalized spacial score (nSPS) is 22.1. The van der Waals surface area contributed by atoms with Gasteiger partial charge in [0.25, 0.3) is 0 Å². The first-order chi connectivity index (χ1) is 11.2. The maximum Gasteiger partial charge on any atom is 0.242 e. The maximum atomic E-state index is 12.1. The molecule has 0 radical (unpaired) electrons. The van der Waals surface area contributed by atoms with Gasteiger partial charge in [-0.1, -0.05) is 19.3 Å². The molecule has 1 aromatic rings. The third-order valence-corrected chi connectivity index (χ3v) is 5.02. The zero-order valence-electron chi connectivity index (χ0n) is 13.2. The number of hydrogen-bond donors (Lipinski definition) is 1. The van der Waals surface area contributed by atoms with Crippen molar-refractivity contribution < 1.29 is 9.59 Å². The van der Waals surface area contributed by atoms with Crippen LogP contribution in [0.4, 0.5) is 0 Å². The first kappa shape index (κ1) is 16.3. The molecule has 2 heterocycles. The van der Waals surface area contributed by atoms with Crippen LogP contribution >= 0.6 is 11.6 Å². The van der Waals surface area contributed by atoms with Crippen LogP contribution < -0.4 is 5.32 Å². The summed E-state index contributed by atoms with van der Waals surface area (Å²) in [6.07, 6.45) is 10.6. The summed E-state index contributed by atoms with van der Waals surface area (Å²) in [6, 6.07) is 0.0451. The highest BCUT2D eigenvalue weighted by Crippen LogP contribution is 2.27. The van der Waals surface area contributed by atoms with Crippen molar-refractivity contribution in [3.63, 3.8) is 0 Å². The number of nitrogens with one attached hydrogen (secondary N) is 1. The largest absolute Gasteiger partial charge is 0.354 e. The molecule has 1 N–H and O–H groups in total. The molecule has 2 amide bonds. The van der Waals surface area contributed by atoms with E-state index in [9.17, 15) is 9.59 Å². The van der Waals surface area contributed by atoms with E-state index in [1.165, 1.54) is 19.3 Å². The predicted molar refractivity (Wildman–Crippen MR) is 87.0 cm³/mol. The average Bonchev–Trinajstić information content (AvgIpc) is 3.22. The van der Waals surface area contributed by atoms with Gasteiger partial charge >= 0.3 is 0 Å². The molecule has 7 heteroatoms. The second-order valence-corrected chi connectivity index (χ2v) is 6.64. The standard InChI is InChI=1S/C16H23ClN4O2/c17-8-15(22)20(14-6-7-18-16(14)23)10-12-9-19-21(11-12)13-4-2-1-3-5-13/h9,11,13-14H,1-8,10H2,(H,18,23)/t14-/m0/s1. The van der Waals surface area contributed by atoms with E-state index in [1.807, 2.05) is 10.9 Å². The van der Waals surface area contributed by atoms with Crippen molar-refractivity contribution in [3.8, 4) is 0 Å². The molecule has 0 bridgehead atoms. The zero-order chi connectivity index (χ0) is 16.2. The molecule has 0 aromatic carbocycles. The Kier molecular flexibility index (Phi) is 5.20. The molecule has 2 aliphatic rings. The zero-order valence-corrected chi connectivity index (χ0v) is 14.0. The third-order valence-electron chi connectivity index (χ3n) is 4.79. The maximum absolute atomic E-state index is 12.1. The number of alkyl halides is 1. The second-order valence-electron chi connectivity index (χ2n) is 6.37. The topological polar surface area (TPSA) is 67.2 Å². The average molecular weight is 339 g/mol. The van der Waals surface area contributed by atoms with Crippen LogP contribution in [0.15, 0.2) is 12.4 Å². The lowest BCUT2D eigenvalue weighted by atomic mass is 9.96. The molecule has 1 aliphatic heterocycles. The van der Waals surface area contributed by atoms with Crippen LogP contribution in [0.5, 0.6) is 0 Å². The minimum absolute atomic E-state index is 0.0943. The molecule has 23 heavy (non-hydrogen) atoms. The van der Waals surface area contributed by atoms with E-state index in [4.69, 9.17) is 11.6 Å². The Labute approximate surface area is 141 Å². The van der Waals surface area contributed by atoms with Crippen LogP contribution in [-0.2, 0) is 16.1 Å². The first-order valence-corrected chi connectivity index (χ1v) is 8.88. The number of hydrogen-bond acceptors (Lipinski definition) is 3. The Hall–Kier alpha value is -1.56. The van der Waals surface area contributed by atoms with Crippen LogP contribution in [0.1, 0.15) is 50.1 Å². The first-order valence-electron chi connectivity index (χ1n) is 8.35. The van der Waals surface area contributed by atoms with Gasteiger partial charge in [0.1, 0.15) is 11.9 Å². The quantitative estimate of drug-likeness (QED) is 0.833. The minimum atomic E-state index is -0.417. The van der Waals surface area contributed by atoms with E-state index in [0.717, 1.165) is 18.4 Å². The van der Waals surface area contributed by atoms with E-state index in [0.29, 0.717) is 25.6 Å². The number of carbonyl (C=O) groups is 2. The molecule has 1 aromatic heterocycles. The van der Waals surface area contributed by atoms with Crippen molar-refractivity contribution >= 4 is 23.4 Å². The number of carbonyl (C=O) groups excluding carboxylic acids is 2. The summed E-state index contributed by atoms with van der Waals surface area (Å²) in [5.41, 5.74) is 0.953. The SMILES string of the molecule is O=C1NCC[C@@H]1N(Cc1cnn(C2CCCCC2)c1)C(=O)CCl. The van der Waals surface area contributed by atoms with Gasteiger partial charge in [0, 0.05) is 24.8 Å². The second kappa shape index (κ2) is 7.34. The Morgan fingerprint density at radius 2 is 2.13 bits per heavy atom. The van der Waals surface area contributed by atoms with E-state index >= 15 is 0 Å². The predicted octanol–water partition coefficient (Wildman–Crippen LogP) is 1.84. The molecule has 3 rings (SSSR count).